The molecule has 1 saturated heterocycles. The van der Waals surface area contributed by atoms with Gasteiger partial charge in [-0.3, -0.25) is 9.48 Å². The second kappa shape index (κ2) is 6.89. The summed E-state index contributed by atoms with van der Waals surface area (Å²) in [7, 11) is 0. The Morgan fingerprint density at radius 1 is 1.48 bits per heavy atom. The van der Waals surface area contributed by atoms with E-state index in [2.05, 4.69) is 20.9 Å². The lowest BCUT2D eigenvalue weighted by molar-refractivity contribution is 0.102. The van der Waals surface area contributed by atoms with E-state index >= 15 is 0 Å². The Morgan fingerprint density at radius 3 is 3.24 bits per heavy atom. The molecule has 1 aromatic carbocycles. The van der Waals surface area contributed by atoms with Crippen LogP contribution in [0.3, 0.4) is 0 Å². The Hall–Kier alpha value is -2.32. The van der Waals surface area contributed by atoms with Crippen LogP contribution in [0.25, 0.3) is 0 Å². The molecule has 3 heterocycles. The summed E-state index contributed by atoms with van der Waals surface area (Å²) in [5.41, 5.74) is 1.97. The molecule has 8 heteroatoms. The zero-order valence-electron chi connectivity index (χ0n) is 13.8. The summed E-state index contributed by atoms with van der Waals surface area (Å²) in [4.78, 5) is 12.4. The van der Waals surface area contributed by atoms with Crippen molar-refractivity contribution >= 4 is 11.6 Å². The van der Waals surface area contributed by atoms with Gasteiger partial charge in [0, 0.05) is 25.6 Å². The van der Waals surface area contributed by atoms with E-state index in [1.54, 1.807) is 16.9 Å². The maximum atomic E-state index is 14.6. The van der Waals surface area contributed by atoms with Gasteiger partial charge in [0.15, 0.2) is 5.69 Å². The summed E-state index contributed by atoms with van der Waals surface area (Å²) >= 11 is 0. The van der Waals surface area contributed by atoms with Crippen LogP contribution in [0.15, 0.2) is 18.3 Å². The van der Waals surface area contributed by atoms with Gasteiger partial charge in [-0.25, -0.2) is 4.39 Å². The van der Waals surface area contributed by atoms with Gasteiger partial charge in [-0.05, 0) is 36.6 Å². The Bertz CT molecular complexity index is 785. The molecule has 0 spiro atoms. The molecular weight excluding hydrogens is 325 g/mol. The minimum Gasteiger partial charge on any atom is -0.381 e. The van der Waals surface area contributed by atoms with Gasteiger partial charge in [-0.2, -0.15) is 0 Å². The van der Waals surface area contributed by atoms with Gasteiger partial charge in [0.1, 0.15) is 5.82 Å². The first-order valence-electron chi connectivity index (χ1n) is 8.51. The number of nitrogens with one attached hydrogen (secondary N) is 2. The molecule has 1 aromatic heterocycles. The minimum atomic E-state index is -0.457. The van der Waals surface area contributed by atoms with Crippen molar-refractivity contribution in [3.8, 4) is 0 Å². The van der Waals surface area contributed by atoms with Crippen LogP contribution in [-0.4, -0.2) is 40.7 Å². The molecule has 2 aliphatic heterocycles. The zero-order chi connectivity index (χ0) is 17.2. The highest BCUT2D eigenvalue weighted by Gasteiger charge is 2.20. The van der Waals surface area contributed by atoms with Crippen molar-refractivity contribution in [3.63, 3.8) is 0 Å². The normalized spacial score (nSPS) is 19.6. The van der Waals surface area contributed by atoms with E-state index in [0.717, 1.165) is 25.1 Å². The third-order valence-corrected chi connectivity index (χ3v) is 4.70. The number of aromatic nitrogens is 3. The molecule has 1 atom stereocenters. The highest BCUT2D eigenvalue weighted by atomic mass is 19.1. The Balaban J connectivity index is 1.46. The summed E-state index contributed by atoms with van der Waals surface area (Å²) in [6.45, 7) is 3.52. The van der Waals surface area contributed by atoms with Crippen LogP contribution in [0.5, 0.6) is 0 Å². The summed E-state index contributed by atoms with van der Waals surface area (Å²) in [6, 6.07) is 3.44. The Labute approximate surface area is 144 Å². The molecule has 0 saturated carbocycles. The van der Waals surface area contributed by atoms with Crippen LogP contribution in [-0.2, 0) is 24.2 Å². The van der Waals surface area contributed by atoms with Crippen LogP contribution < -0.4 is 10.6 Å². The summed E-state index contributed by atoms with van der Waals surface area (Å²) < 4.78 is 21.6. The lowest BCUT2D eigenvalue weighted by atomic mass is 9.99. The largest absolute Gasteiger partial charge is 0.381 e. The first kappa shape index (κ1) is 16.2. The van der Waals surface area contributed by atoms with Gasteiger partial charge in [-0.15, -0.1) is 5.10 Å². The second-order valence-corrected chi connectivity index (χ2v) is 6.50. The number of anilines is 1. The highest BCUT2D eigenvalue weighted by Crippen LogP contribution is 2.24. The molecule has 0 radical (unpaired) electrons. The number of fused-ring (bicyclic) bond motifs is 1. The third kappa shape index (κ3) is 3.40. The first-order valence-corrected chi connectivity index (χ1v) is 8.51. The van der Waals surface area contributed by atoms with Gasteiger partial charge in [0.2, 0.25) is 0 Å². The molecule has 2 N–H and O–H groups in total. The topological polar surface area (TPSA) is 81.1 Å². The van der Waals surface area contributed by atoms with Crippen LogP contribution in [0.1, 0.15) is 28.0 Å². The third-order valence-electron chi connectivity index (χ3n) is 4.70. The molecule has 4 rings (SSSR count). The quantitative estimate of drug-likeness (QED) is 0.874. The molecule has 1 unspecified atom stereocenters. The van der Waals surface area contributed by atoms with E-state index in [1.165, 1.54) is 0 Å². The second-order valence-electron chi connectivity index (χ2n) is 6.50. The van der Waals surface area contributed by atoms with Gasteiger partial charge in [-0.1, -0.05) is 11.3 Å². The van der Waals surface area contributed by atoms with E-state index in [4.69, 9.17) is 4.74 Å². The zero-order valence-corrected chi connectivity index (χ0v) is 13.8. The molecule has 2 aromatic rings. The van der Waals surface area contributed by atoms with Crippen molar-refractivity contribution in [1.82, 2.24) is 20.3 Å². The standard InChI is InChI=1S/C17H20FN5O2/c18-16-13-3-5-19-7-12(13)1-2-14(16)20-17(24)15-9-23(22-21-15)8-11-4-6-25-10-11/h1-2,9,11,19H,3-8,10H2,(H,20,24). The van der Waals surface area contributed by atoms with E-state index in [1.807, 2.05) is 6.07 Å². The van der Waals surface area contributed by atoms with Gasteiger partial charge < -0.3 is 15.4 Å². The molecule has 1 amide bonds. The number of carbonyl (C=O) groups is 1. The number of benzene rings is 1. The first-order chi connectivity index (χ1) is 12.2. The molecule has 2 aliphatic rings. The smallest absolute Gasteiger partial charge is 0.277 e. The molecule has 7 nitrogen and oxygen atoms in total. The predicted molar refractivity (Wildman–Crippen MR) is 88.7 cm³/mol. The minimum absolute atomic E-state index is 0.178. The fraction of sp³-hybridized carbons (Fsp3) is 0.471. The maximum absolute atomic E-state index is 14.6. The van der Waals surface area contributed by atoms with Gasteiger partial charge >= 0.3 is 0 Å². The fourth-order valence-corrected chi connectivity index (χ4v) is 3.30. The molecular formula is C17H20FN5O2. The lowest BCUT2D eigenvalue weighted by Gasteiger charge is -2.19. The molecule has 132 valence electrons. The monoisotopic (exact) mass is 345 g/mol. The SMILES string of the molecule is O=C(Nc1ccc2c(c1F)CCNC2)c1cn(CC2CCOC2)nn1. The van der Waals surface area contributed by atoms with E-state index in [-0.39, 0.29) is 17.2 Å². The Morgan fingerprint density at radius 2 is 2.40 bits per heavy atom. The average molecular weight is 345 g/mol. The number of ether oxygens (including phenoxy) is 1. The summed E-state index contributed by atoms with van der Waals surface area (Å²) in [6.07, 6.45) is 3.19. The molecule has 0 bridgehead atoms. The number of amides is 1. The molecule has 25 heavy (non-hydrogen) atoms. The Kier molecular flexibility index (Phi) is 4.46. The van der Waals surface area contributed by atoms with Gasteiger partial charge in [0.05, 0.1) is 18.5 Å². The van der Waals surface area contributed by atoms with Crippen molar-refractivity contribution in [2.75, 3.05) is 25.1 Å². The number of carbonyl (C=O) groups excluding carboxylic acids is 1. The van der Waals surface area contributed by atoms with Crippen molar-refractivity contribution in [2.45, 2.75) is 25.9 Å². The molecule has 1 fully saturated rings. The van der Waals surface area contributed by atoms with Crippen LogP contribution >= 0.6 is 0 Å². The van der Waals surface area contributed by atoms with Crippen LogP contribution in [0.4, 0.5) is 10.1 Å². The van der Waals surface area contributed by atoms with Gasteiger partial charge in [0.25, 0.3) is 5.91 Å². The number of hydrogen-bond acceptors (Lipinski definition) is 5. The van der Waals surface area contributed by atoms with E-state index < -0.39 is 5.91 Å². The van der Waals surface area contributed by atoms with Crippen molar-refractivity contribution in [2.24, 2.45) is 5.92 Å². The molecule has 0 aliphatic carbocycles. The van der Waals surface area contributed by atoms with Crippen molar-refractivity contribution < 1.29 is 13.9 Å². The van der Waals surface area contributed by atoms with Crippen molar-refractivity contribution in [1.29, 1.82) is 0 Å². The van der Waals surface area contributed by atoms with Crippen molar-refractivity contribution in [3.05, 3.63) is 41.0 Å². The average Bonchev–Trinajstić information content (AvgIpc) is 3.30. The highest BCUT2D eigenvalue weighted by molar-refractivity contribution is 6.02. The van der Waals surface area contributed by atoms with E-state index in [9.17, 15) is 9.18 Å². The summed E-state index contributed by atoms with van der Waals surface area (Å²) in [5.74, 6) is -0.422. The number of rotatable bonds is 4. The maximum Gasteiger partial charge on any atom is 0.277 e. The van der Waals surface area contributed by atoms with Crippen LogP contribution in [0.2, 0.25) is 0 Å². The number of hydrogen-bond donors (Lipinski definition) is 2. The number of nitrogens with zero attached hydrogens (tertiary/aromatic N) is 3. The predicted octanol–water partition coefficient (Wildman–Crippen LogP) is 1.35. The number of halogens is 1. The van der Waals surface area contributed by atoms with E-state index in [0.29, 0.717) is 37.6 Å². The lowest BCUT2D eigenvalue weighted by Crippen LogP contribution is -2.25. The summed E-state index contributed by atoms with van der Waals surface area (Å²) in [5, 5.41) is 13.7. The van der Waals surface area contributed by atoms with Crippen LogP contribution in [0, 0.1) is 11.7 Å². The fourth-order valence-electron chi connectivity index (χ4n) is 3.30.